The summed E-state index contributed by atoms with van der Waals surface area (Å²) >= 11 is 3.37. The lowest BCUT2D eigenvalue weighted by molar-refractivity contribution is 0.261. The van der Waals surface area contributed by atoms with Crippen LogP contribution < -0.4 is 5.43 Å². The maximum atomic E-state index is 9.84. The van der Waals surface area contributed by atoms with Gasteiger partial charge in [0.2, 0.25) is 0 Å². The molecule has 1 N–H and O–H groups in total. The summed E-state index contributed by atoms with van der Waals surface area (Å²) in [6.07, 6.45) is 1.47. The van der Waals surface area contributed by atoms with Gasteiger partial charge >= 0.3 is 0 Å². The Balaban J connectivity index is 3.14. The minimum absolute atomic E-state index is 0.446. The molecule has 0 spiro atoms. The van der Waals surface area contributed by atoms with E-state index < -0.39 is 5.24 Å². The second-order valence-electron chi connectivity index (χ2n) is 0.804. The second-order valence-corrected chi connectivity index (χ2v) is 1.21. The van der Waals surface area contributed by atoms with E-state index in [1.165, 1.54) is 6.21 Å². The van der Waals surface area contributed by atoms with Gasteiger partial charge in [-0.05, 0) is 6.92 Å². The van der Waals surface area contributed by atoms with E-state index in [0.29, 0.717) is 0 Å². The zero-order chi connectivity index (χ0) is 5.70. The highest BCUT2D eigenvalue weighted by Gasteiger charge is 1.79. The molecule has 4 heteroatoms. The van der Waals surface area contributed by atoms with Crippen LogP contribution in [-0.4, -0.2) is 11.5 Å². The molecule has 3 nitrogen and oxygen atoms in total. The van der Waals surface area contributed by atoms with Crippen molar-refractivity contribution in [3.63, 3.8) is 0 Å². The predicted octanol–water partition coefficient (Wildman–Crippen LogP) is 0.631. The van der Waals surface area contributed by atoms with E-state index in [1.807, 2.05) is 0 Å². The Kier molecular flexibility index (Phi) is 3.40. The Labute approximate surface area is 47.2 Å². The zero-order valence-corrected chi connectivity index (χ0v) is 4.77. The summed E-state index contributed by atoms with van der Waals surface area (Å²) in [5, 5.41) is 2.92. The van der Waals surface area contributed by atoms with Crippen molar-refractivity contribution in [1.82, 2.24) is 5.43 Å². The van der Waals surface area contributed by atoms with Crippen molar-refractivity contribution >= 4 is 24.1 Å². The first-order valence-corrected chi connectivity index (χ1v) is 2.18. The minimum Gasteiger partial charge on any atom is -0.260 e. The minimum atomic E-state index is -0.446. The molecule has 7 heavy (non-hydrogen) atoms. The van der Waals surface area contributed by atoms with Gasteiger partial charge in [0.05, 0.1) is 0 Å². The highest BCUT2D eigenvalue weighted by Crippen LogP contribution is 1.71. The van der Waals surface area contributed by atoms with Gasteiger partial charge in [0.25, 0.3) is 5.24 Å². The second kappa shape index (κ2) is 3.67. The molecule has 0 saturated carbocycles. The highest BCUT2D eigenvalue weighted by atomic mass is 32.1. The number of rotatable bonds is 1. The Morgan fingerprint density at radius 3 is 2.71 bits per heavy atom. The van der Waals surface area contributed by atoms with Gasteiger partial charge in [0.15, 0.2) is 0 Å². The lowest BCUT2D eigenvalue weighted by atomic mass is 10.9. The number of nitrogens with zero attached hydrogens (tertiary/aromatic N) is 1. The third-order valence-corrected chi connectivity index (χ3v) is 0.389. The number of carbonyl (C=O) groups is 1. The summed E-state index contributed by atoms with van der Waals surface area (Å²) in [5.41, 5.74) is 2.09. The molecule has 1 amide bonds. The molecule has 0 heterocycles. The summed E-state index contributed by atoms with van der Waals surface area (Å²) in [5.74, 6) is 0. The monoisotopic (exact) mass is 118 g/mol. The number of hydrazone groups is 1. The Hall–Kier alpha value is -0.510. The molecule has 0 fully saturated rings. The Morgan fingerprint density at radius 1 is 2.00 bits per heavy atom. The van der Waals surface area contributed by atoms with Crippen LogP contribution in [0.2, 0.25) is 0 Å². The van der Waals surface area contributed by atoms with Crippen molar-refractivity contribution in [2.24, 2.45) is 5.10 Å². The molecule has 0 radical (unpaired) electrons. The molecule has 0 aromatic rings. The van der Waals surface area contributed by atoms with Gasteiger partial charge in [0, 0.05) is 6.21 Å². The molecule has 0 aromatic carbocycles. The van der Waals surface area contributed by atoms with E-state index in [1.54, 1.807) is 6.92 Å². The van der Waals surface area contributed by atoms with Gasteiger partial charge in [-0.25, -0.2) is 5.43 Å². The van der Waals surface area contributed by atoms with E-state index in [4.69, 9.17) is 0 Å². The van der Waals surface area contributed by atoms with Crippen molar-refractivity contribution in [3.05, 3.63) is 0 Å². The van der Waals surface area contributed by atoms with Crippen LogP contribution in [0.3, 0.4) is 0 Å². The average Bonchev–Trinajstić information content (AvgIpc) is 1.61. The van der Waals surface area contributed by atoms with E-state index in [-0.39, 0.29) is 0 Å². The van der Waals surface area contributed by atoms with Crippen molar-refractivity contribution in [2.75, 3.05) is 0 Å². The number of hydrogen-bond donors (Lipinski definition) is 2. The first kappa shape index (κ1) is 6.49. The van der Waals surface area contributed by atoms with Crippen LogP contribution in [0.15, 0.2) is 5.10 Å². The van der Waals surface area contributed by atoms with Crippen molar-refractivity contribution in [1.29, 1.82) is 0 Å². The summed E-state index contributed by atoms with van der Waals surface area (Å²) in [7, 11) is 0. The van der Waals surface area contributed by atoms with Gasteiger partial charge in [0.1, 0.15) is 0 Å². The fourth-order valence-electron chi connectivity index (χ4n) is 0.120. The third-order valence-electron chi connectivity index (χ3n) is 0.289. The third kappa shape index (κ3) is 5.49. The molecule has 0 saturated heterocycles. The van der Waals surface area contributed by atoms with Crippen LogP contribution in [0.1, 0.15) is 6.92 Å². The van der Waals surface area contributed by atoms with Crippen LogP contribution in [0, 0.1) is 0 Å². The zero-order valence-electron chi connectivity index (χ0n) is 3.88. The predicted molar refractivity (Wildman–Crippen MR) is 31.7 cm³/mol. The summed E-state index contributed by atoms with van der Waals surface area (Å²) in [6.45, 7) is 1.70. The number of thiol groups is 1. The van der Waals surface area contributed by atoms with Crippen molar-refractivity contribution < 1.29 is 4.79 Å². The average molecular weight is 118 g/mol. The Morgan fingerprint density at radius 2 is 2.57 bits per heavy atom. The quantitative estimate of drug-likeness (QED) is 0.296. The Bertz CT molecular complexity index is 90.9. The number of carbonyl (C=O) groups excluding carboxylic acids is 1. The number of hydrogen-bond acceptors (Lipinski definition) is 2. The maximum Gasteiger partial charge on any atom is 0.296 e. The van der Waals surface area contributed by atoms with E-state index in [9.17, 15) is 4.79 Å². The van der Waals surface area contributed by atoms with Crippen LogP contribution in [0.5, 0.6) is 0 Å². The fourth-order valence-corrected chi connectivity index (χ4v) is 0.178. The van der Waals surface area contributed by atoms with Crippen molar-refractivity contribution in [3.8, 4) is 0 Å². The molecule has 0 atom stereocenters. The first-order valence-electron chi connectivity index (χ1n) is 1.74. The van der Waals surface area contributed by atoms with E-state index >= 15 is 0 Å². The van der Waals surface area contributed by atoms with Gasteiger partial charge in [-0.3, -0.25) is 4.79 Å². The molecular formula is C3H6N2OS. The van der Waals surface area contributed by atoms with E-state index in [0.717, 1.165) is 0 Å². The van der Waals surface area contributed by atoms with Crippen LogP contribution in [0.4, 0.5) is 4.79 Å². The van der Waals surface area contributed by atoms with E-state index in [2.05, 4.69) is 23.2 Å². The standard InChI is InChI=1S/C3H6N2OS/c1-2-4-5-3(6)7/h2H,1H3,(H2,5,6,7). The SMILES string of the molecule is CC=NNC(=O)S. The normalized spacial score (nSPS) is 9.43. The van der Waals surface area contributed by atoms with Gasteiger partial charge in [-0.15, -0.1) is 0 Å². The summed E-state index contributed by atoms with van der Waals surface area (Å²) in [6, 6.07) is 0. The van der Waals surface area contributed by atoms with Gasteiger partial charge in [-0.1, -0.05) is 12.6 Å². The lowest BCUT2D eigenvalue weighted by Crippen LogP contribution is -2.06. The summed E-state index contributed by atoms with van der Waals surface area (Å²) in [4.78, 5) is 9.84. The maximum absolute atomic E-state index is 9.84. The van der Waals surface area contributed by atoms with Crippen LogP contribution in [0.25, 0.3) is 0 Å². The van der Waals surface area contributed by atoms with Gasteiger partial charge < -0.3 is 0 Å². The molecule has 0 unspecified atom stereocenters. The van der Waals surface area contributed by atoms with Crippen molar-refractivity contribution in [2.45, 2.75) is 6.92 Å². The molecule has 0 aliphatic carbocycles. The fraction of sp³-hybridized carbons (Fsp3) is 0.333. The molecule has 0 aliphatic rings. The highest BCUT2D eigenvalue weighted by molar-refractivity contribution is 7.96. The number of amides is 1. The topological polar surface area (TPSA) is 41.5 Å². The molecular weight excluding hydrogens is 112 g/mol. The molecule has 0 rings (SSSR count). The lowest BCUT2D eigenvalue weighted by Gasteiger charge is -1.83. The largest absolute Gasteiger partial charge is 0.296 e. The molecule has 0 aliphatic heterocycles. The molecule has 0 bridgehead atoms. The molecule has 40 valence electrons. The van der Waals surface area contributed by atoms with Gasteiger partial charge in [-0.2, -0.15) is 5.10 Å². The van der Waals surface area contributed by atoms with Crippen LogP contribution in [-0.2, 0) is 0 Å². The first-order chi connectivity index (χ1) is 3.27. The summed E-state index contributed by atoms with van der Waals surface area (Å²) < 4.78 is 0. The smallest absolute Gasteiger partial charge is 0.260 e. The van der Waals surface area contributed by atoms with Crippen LogP contribution >= 0.6 is 12.6 Å². The molecule has 0 aromatic heterocycles. The number of nitrogens with one attached hydrogen (secondary N) is 1.